The number of likely N-dealkylation sites (tertiary alicyclic amines) is 1. The Bertz CT molecular complexity index is 929. The Labute approximate surface area is 151 Å². The number of thiazole rings is 1. The van der Waals surface area contributed by atoms with Gasteiger partial charge in [-0.25, -0.2) is 14.8 Å². The van der Waals surface area contributed by atoms with Crippen LogP contribution in [0.5, 0.6) is 5.75 Å². The highest BCUT2D eigenvalue weighted by Gasteiger charge is 2.34. The smallest absolute Gasteiger partial charge is 0.323 e. The van der Waals surface area contributed by atoms with E-state index in [0.29, 0.717) is 24.1 Å². The van der Waals surface area contributed by atoms with E-state index in [0.717, 1.165) is 34.6 Å². The first-order valence-electron chi connectivity index (χ1n) is 8.14. The number of rotatable bonds is 4. The fraction of sp³-hybridized carbons (Fsp3) is 0.375. The molecule has 1 aliphatic heterocycles. The van der Waals surface area contributed by atoms with Crippen LogP contribution in [-0.2, 0) is 0 Å². The van der Waals surface area contributed by atoms with Crippen molar-refractivity contribution in [1.29, 1.82) is 0 Å². The number of aromatic nitrogens is 3. The number of para-hydroxylation sites is 1. The Hall–Kier alpha value is -2.26. The summed E-state index contributed by atoms with van der Waals surface area (Å²) in [6.07, 6.45) is 2.30. The fourth-order valence-electron chi connectivity index (χ4n) is 2.78. The van der Waals surface area contributed by atoms with E-state index >= 15 is 0 Å². The zero-order chi connectivity index (χ0) is 16.8. The second kappa shape index (κ2) is 5.92. The van der Waals surface area contributed by atoms with Crippen molar-refractivity contribution in [3.8, 4) is 5.75 Å². The lowest BCUT2D eigenvalue weighted by Gasteiger charge is -2.38. The van der Waals surface area contributed by atoms with Crippen LogP contribution in [0.1, 0.15) is 24.6 Å². The number of nitrogens with one attached hydrogen (secondary N) is 1. The molecule has 0 spiro atoms. The van der Waals surface area contributed by atoms with Crippen molar-refractivity contribution >= 4 is 44.2 Å². The summed E-state index contributed by atoms with van der Waals surface area (Å²) >= 11 is 2.84. The van der Waals surface area contributed by atoms with E-state index in [4.69, 9.17) is 4.74 Å². The van der Waals surface area contributed by atoms with E-state index in [1.807, 2.05) is 23.7 Å². The number of nitrogens with zero attached hydrogens (tertiary/aromatic N) is 4. The van der Waals surface area contributed by atoms with E-state index in [2.05, 4.69) is 19.7 Å². The van der Waals surface area contributed by atoms with Gasteiger partial charge in [-0.1, -0.05) is 6.07 Å². The van der Waals surface area contributed by atoms with Gasteiger partial charge in [0.2, 0.25) is 5.13 Å². The Morgan fingerprint density at radius 2 is 2.20 bits per heavy atom. The van der Waals surface area contributed by atoms with Crippen LogP contribution in [0.3, 0.4) is 0 Å². The Morgan fingerprint density at radius 1 is 1.32 bits per heavy atom. The molecule has 1 aliphatic carbocycles. The molecular weight excluding hydrogens is 358 g/mol. The third-order valence-electron chi connectivity index (χ3n) is 4.35. The second-order valence-electron chi connectivity index (χ2n) is 6.26. The monoisotopic (exact) mass is 373 g/mol. The molecule has 2 amide bonds. The molecule has 1 saturated carbocycles. The van der Waals surface area contributed by atoms with Gasteiger partial charge in [0, 0.05) is 17.5 Å². The lowest BCUT2D eigenvalue weighted by molar-refractivity contribution is 0.0502. The van der Waals surface area contributed by atoms with E-state index in [-0.39, 0.29) is 12.1 Å². The number of fused-ring (bicyclic) bond motifs is 1. The molecule has 0 radical (unpaired) electrons. The van der Waals surface area contributed by atoms with Crippen molar-refractivity contribution in [3.63, 3.8) is 0 Å². The summed E-state index contributed by atoms with van der Waals surface area (Å²) in [6.45, 7) is 1.11. The van der Waals surface area contributed by atoms with Gasteiger partial charge in [0.15, 0.2) is 0 Å². The molecule has 0 bridgehead atoms. The summed E-state index contributed by atoms with van der Waals surface area (Å²) in [5, 5.41) is 3.40. The zero-order valence-corrected chi connectivity index (χ0v) is 14.8. The lowest BCUT2D eigenvalue weighted by Crippen LogP contribution is -2.57. The standard InChI is InChI=1S/C16H15N5O2S2/c22-16(19-15-18-14(20-25-15)9-4-5-9)21-6-10(7-21)23-11-2-1-3-12-13(11)17-8-24-12/h1-3,8-10H,4-7H2,(H,18,19,20,22). The summed E-state index contributed by atoms with van der Waals surface area (Å²) in [5.74, 6) is 2.14. The van der Waals surface area contributed by atoms with Gasteiger partial charge < -0.3 is 9.64 Å². The number of benzene rings is 1. The maximum Gasteiger partial charge on any atom is 0.323 e. The topological polar surface area (TPSA) is 80.2 Å². The molecule has 25 heavy (non-hydrogen) atoms. The molecule has 2 aromatic heterocycles. The van der Waals surface area contributed by atoms with Gasteiger partial charge in [-0.15, -0.1) is 11.3 Å². The van der Waals surface area contributed by atoms with E-state index in [1.165, 1.54) is 11.5 Å². The molecule has 9 heteroatoms. The van der Waals surface area contributed by atoms with Crippen molar-refractivity contribution in [2.24, 2.45) is 0 Å². The quantitative estimate of drug-likeness (QED) is 0.759. The van der Waals surface area contributed by atoms with Crippen molar-refractivity contribution in [2.45, 2.75) is 24.9 Å². The maximum absolute atomic E-state index is 12.2. The van der Waals surface area contributed by atoms with E-state index in [1.54, 1.807) is 16.2 Å². The van der Waals surface area contributed by atoms with Crippen molar-refractivity contribution in [3.05, 3.63) is 29.5 Å². The number of amides is 2. The first kappa shape index (κ1) is 15.0. The van der Waals surface area contributed by atoms with Crippen LogP contribution < -0.4 is 10.1 Å². The van der Waals surface area contributed by atoms with Gasteiger partial charge in [0.25, 0.3) is 0 Å². The minimum atomic E-state index is -0.148. The predicted molar refractivity (Wildman–Crippen MR) is 96.5 cm³/mol. The Balaban J connectivity index is 1.17. The minimum Gasteiger partial charge on any atom is -0.484 e. The van der Waals surface area contributed by atoms with Crippen LogP contribution in [0, 0.1) is 0 Å². The number of hydrogen-bond donors (Lipinski definition) is 1. The van der Waals surface area contributed by atoms with Crippen LogP contribution in [0.2, 0.25) is 0 Å². The summed E-state index contributed by atoms with van der Waals surface area (Å²) in [5.41, 5.74) is 2.70. The molecule has 1 N–H and O–H groups in total. The highest BCUT2D eigenvalue weighted by molar-refractivity contribution is 7.16. The molecule has 5 rings (SSSR count). The molecule has 0 atom stereocenters. The number of ether oxygens (including phenoxy) is 1. The second-order valence-corrected chi connectivity index (χ2v) is 7.90. The number of carbonyl (C=O) groups excluding carboxylic acids is 1. The predicted octanol–water partition coefficient (Wildman–Crippen LogP) is 3.32. The van der Waals surface area contributed by atoms with Crippen LogP contribution in [0.15, 0.2) is 23.7 Å². The van der Waals surface area contributed by atoms with E-state index in [9.17, 15) is 4.79 Å². The highest BCUT2D eigenvalue weighted by atomic mass is 32.1. The van der Waals surface area contributed by atoms with Gasteiger partial charge in [0.1, 0.15) is 23.2 Å². The normalized spacial score (nSPS) is 17.5. The van der Waals surface area contributed by atoms with Crippen molar-refractivity contribution in [2.75, 3.05) is 18.4 Å². The van der Waals surface area contributed by atoms with Gasteiger partial charge in [-0.2, -0.15) is 4.37 Å². The van der Waals surface area contributed by atoms with Crippen LogP contribution >= 0.6 is 22.9 Å². The minimum absolute atomic E-state index is 0.00510. The van der Waals surface area contributed by atoms with Gasteiger partial charge in [-0.3, -0.25) is 5.32 Å². The van der Waals surface area contributed by atoms with Crippen LogP contribution in [0.25, 0.3) is 10.2 Å². The number of anilines is 1. The Morgan fingerprint density at radius 3 is 3.04 bits per heavy atom. The molecular formula is C16H15N5O2S2. The third-order valence-corrected chi connectivity index (χ3v) is 5.79. The summed E-state index contributed by atoms with van der Waals surface area (Å²) < 4.78 is 11.4. The molecule has 7 nitrogen and oxygen atoms in total. The van der Waals surface area contributed by atoms with Crippen molar-refractivity contribution in [1.82, 2.24) is 19.2 Å². The highest BCUT2D eigenvalue weighted by Crippen LogP contribution is 2.39. The Kier molecular flexibility index (Phi) is 3.56. The number of urea groups is 1. The maximum atomic E-state index is 12.2. The summed E-state index contributed by atoms with van der Waals surface area (Å²) in [6, 6.07) is 5.76. The average molecular weight is 373 g/mol. The summed E-state index contributed by atoms with van der Waals surface area (Å²) in [7, 11) is 0. The lowest BCUT2D eigenvalue weighted by atomic mass is 10.2. The first-order chi connectivity index (χ1) is 12.3. The van der Waals surface area contributed by atoms with E-state index < -0.39 is 0 Å². The SMILES string of the molecule is O=C(Nc1nc(C2CC2)ns1)N1CC(Oc2cccc3scnc23)C1. The fourth-order valence-corrected chi connectivity index (χ4v) is 4.11. The first-order valence-corrected chi connectivity index (χ1v) is 9.80. The third kappa shape index (κ3) is 2.93. The molecule has 3 aromatic rings. The van der Waals surface area contributed by atoms with Crippen LogP contribution in [0.4, 0.5) is 9.93 Å². The summed E-state index contributed by atoms with van der Waals surface area (Å²) in [4.78, 5) is 22.7. The zero-order valence-electron chi connectivity index (χ0n) is 13.2. The largest absolute Gasteiger partial charge is 0.484 e. The van der Waals surface area contributed by atoms with Gasteiger partial charge >= 0.3 is 6.03 Å². The van der Waals surface area contributed by atoms with Crippen LogP contribution in [-0.4, -0.2) is 44.5 Å². The average Bonchev–Trinajstić information content (AvgIpc) is 3.12. The van der Waals surface area contributed by atoms with Gasteiger partial charge in [-0.05, 0) is 25.0 Å². The van der Waals surface area contributed by atoms with Gasteiger partial charge in [0.05, 0.1) is 23.3 Å². The number of hydrogen-bond acceptors (Lipinski definition) is 7. The molecule has 1 saturated heterocycles. The molecule has 0 unspecified atom stereocenters. The van der Waals surface area contributed by atoms with Crippen molar-refractivity contribution < 1.29 is 9.53 Å². The molecule has 2 fully saturated rings. The molecule has 2 aliphatic rings. The molecule has 3 heterocycles. The molecule has 1 aromatic carbocycles. The molecule has 128 valence electrons. The number of carbonyl (C=O) groups is 1.